The molecule has 1 amide bonds. The molecule has 3 aromatic heterocycles. The van der Waals surface area contributed by atoms with Crippen molar-refractivity contribution in [3.63, 3.8) is 0 Å². The smallest absolute Gasteiger partial charge is 0.258 e. The highest BCUT2D eigenvalue weighted by Crippen LogP contribution is 2.20. The molecule has 0 aromatic carbocycles. The highest BCUT2D eigenvalue weighted by molar-refractivity contribution is 6.30. The standard InChI is InChI=1S/C15H13ClN4O2/c1-9-12-7-11(8-18-15(12)22-20-9)19-13(21)5-4-10-3-2-6-17-14(10)16/h2-3,6-8H,4-5H2,1H3,(H,19,21). The molecule has 0 aliphatic heterocycles. The van der Waals surface area contributed by atoms with Gasteiger partial charge in [-0.3, -0.25) is 4.79 Å². The summed E-state index contributed by atoms with van der Waals surface area (Å²) in [4.78, 5) is 20.1. The molecule has 0 spiro atoms. The fourth-order valence-corrected chi connectivity index (χ4v) is 2.30. The molecule has 0 saturated heterocycles. The van der Waals surface area contributed by atoms with Crippen molar-refractivity contribution < 1.29 is 9.32 Å². The summed E-state index contributed by atoms with van der Waals surface area (Å²) < 4.78 is 5.03. The first kappa shape index (κ1) is 14.5. The predicted octanol–water partition coefficient (Wildman–Crippen LogP) is 3.15. The van der Waals surface area contributed by atoms with Gasteiger partial charge in [-0.25, -0.2) is 9.97 Å². The average molecular weight is 317 g/mol. The zero-order chi connectivity index (χ0) is 15.5. The molecule has 3 aromatic rings. The number of aryl methyl sites for hydroxylation is 2. The maximum Gasteiger partial charge on any atom is 0.258 e. The molecule has 0 fully saturated rings. The zero-order valence-electron chi connectivity index (χ0n) is 11.8. The second kappa shape index (κ2) is 6.11. The van der Waals surface area contributed by atoms with Crippen molar-refractivity contribution in [2.45, 2.75) is 19.8 Å². The summed E-state index contributed by atoms with van der Waals surface area (Å²) in [5, 5.41) is 7.85. The van der Waals surface area contributed by atoms with Crippen molar-refractivity contribution in [3.05, 3.63) is 47.0 Å². The van der Waals surface area contributed by atoms with Gasteiger partial charge in [-0.05, 0) is 31.0 Å². The Labute approximate surface area is 131 Å². The number of fused-ring (bicyclic) bond motifs is 1. The largest absolute Gasteiger partial charge is 0.336 e. The molecule has 0 bridgehead atoms. The van der Waals surface area contributed by atoms with Gasteiger partial charge in [-0.15, -0.1) is 0 Å². The molecule has 0 aliphatic rings. The van der Waals surface area contributed by atoms with Crippen LogP contribution in [0.4, 0.5) is 5.69 Å². The van der Waals surface area contributed by atoms with Gasteiger partial charge in [0.05, 0.1) is 23.0 Å². The fraction of sp³-hybridized carbons (Fsp3) is 0.200. The third-order valence-electron chi connectivity index (χ3n) is 3.25. The molecule has 0 radical (unpaired) electrons. The maximum atomic E-state index is 12.0. The molecule has 22 heavy (non-hydrogen) atoms. The van der Waals surface area contributed by atoms with Crippen LogP contribution in [0.2, 0.25) is 5.15 Å². The Balaban J connectivity index is 1.65. The quantitative estimate of drug-likeness (QED) is 0.748. The number of amides is 1. The van der Waals surface area contributed by atoms with Crippen LogP contribution in [-0.4, -0.2) is 21.0 Å². The summed E-state index contributed by atoms with van der Waals surface area (Å²) >= 11 is 5.97. The molecule has 112 valence electrons. The van der Waals surface area contributed by atoms with Gasteiger partial charge in [-0.2, -0.15) is 0 Å². The molecule has 0 saturated carbocycles. The average Bonchev–Trinajstić information content (AvgIpc) is 2.88. The molecule has 1 N–H and O–H groups in total. The van der Waals surface area contributed by atoms with Crippen LogP contribution in [-0.2, 0) is 11.2 Å². The summed E-state index contributed by atoms with van der Waals surface area (Å²) in [6.45, 7) is 1.82. The second-order valence-corrected chi connectivity index (χ2v) is 5.20. The first-order valence-electron chi connectivity index (χ1n) is 6.75. The Bertz CT molecular complexity index is 831. The predicted molar refractivity (Wildman–Crippen MR) is 82.7 cm³/mol. The SMILES string of the molecule is Cc1noc2ncc(NC(=O)CCc3cccnc3Cl)cc12. The first-order chi connectivity index (χ1) is 10.6. The van der Waals surface area contributed by atoms with E-state index in [9.17, 15) is 4.79 Å². The van der Waals surface area contributed by atoms with Gasteiger partial charge in [-0.1, -0.05) is 22.8 Å². The number of hydrogen-bond acceptors (Lipinski definition) is 5. The molecule has 3 rings (SSSR count). The number of nitrogens with one attached hydrogen (secondary N) is 1. The van der Waals surface area contributed by atoms with E-state index in [2.05, 4.69) is 20.4 Å². The number of aromatic nitrogens is 3. The highest BCUT2D eigenvalue weighted by Gasteiger charge is 2.09. The van der Waals surface area contributed by atoms with Crippen molar-refractivity contribution >= 4 is 34.3 Å². The van der Waals surface area contributed by atoms with E-state index in [1.807, 2.05) is 13.0 Å². The van der Waals surface area contributed by atoms with Crippen LogP contribution in [0, 0.1) is 6.92 Å². The van der Waals surface area contributed by atoms with Crippen LogP contribution in [0.3, 0.4) is 0 Å². The van der Waals surface area contributed by atoms with Crippen LogP contribution in [0.15, 0.2) is 35.1 Å². The van der Waals surface area contributed by atoms with Crippen molar-refractivity contribution in [1.82, 2.24) is 15.1 Å². The molecule has 0 atom stereocenters. The molecular formula is C15H13ClN4O2. The third kappa shape index (κ3) is 3.07. The number of pyridine rings is 2. The number of halogens is 1. The van der Waals surface area contributed by atoms with Crippen molar-refractivity contribution in [3.8, 4) is 0 Å². The third-order valence-corrected chi connectivity index (χ3v) is 3.59. The lowest BCUT2D eigenvalue weighted by molar-refractivity contribution is -0.116. The number of anilines is 1. The molecule has 7 heteroatoms. The Kier molecular flexibility index (Phi) is 4.02. The summed E-state index contributed by atoms with van der Waals surface area (Å²) in [6.07, 6.45) is 4.00. The molecule has 3 heterocycles. The van der Waals surface area contributed by atoms with Crippen LogP contribution in [0.5, 0.6) is 0 Å². The van der Waals surface area contributed by atoms with Crippen LogP contribution in [0.1, 0.15) is 17.7 Å². The van der Waals surface area contributed by atoms with Gasteiger partial charge < -0.3 is 9.84 Å². The molecule has 0 aliphatic carbocycles. The highest BCUT2D eigenvalue weighted by atomic mass is 35.5. The number of carbonyl (C=O) groups excluding carboxylic acids is 1. The Morgan fingerprint density at radius 3 is 3.09 bits per heavy atom. The Morgan fingerprint density at radius 2 is 2.27 bits per heavy atom. The monoisotopic (exact) mass is 316 g/mol. The van der Waals surface area contributed by atoms with Gasteiger partial charge in [0.2, 0.25) is 5.91 Å². The zero-order valence-corrected chi connectivity index (χ0v) is 12.6. The molecular weight excluding hydrogens is 304 g/mol. The van der Waals surface area contributed by atoms with Crippen LogP contribution < -0.4 is 5.32 Å². The summed E-state index contributed by atoms with van der Waals surface area (Å²) in [6, 6.07) is 5.45. The lowest BCUT2D eigenvalue weighted by Crippen LogP contribution is -2.12. The minimum Gasteiger partial charge on any atom is -0.336 e. The van der Waals surface area contributed by atoms with Gasteiger partial charge >= 0.3 is 0 Å². The number of nitrogens with zero attached hydrogens (tertiary/aromatic N) is 3. The lowest BCUT2D eigenvalue weighted by atomic mass is 10.1. The minimum absolute atomic E-state index is 0.116. The topological polar surface area (TPSA) is 80.9 Å². The van der Waals surface area contributed by atoms with E-state index < -0.39 is 0 Å². The molecule has 0 unspecified atom stereocenters. The normalized spacial score (nSPS) is 10.8. The summed E-state index contributed by atoms with van der Waals surface area (Å²) in [5.41, 5.74) is 2.65. The molecule has 6 nitrogen and oxygen atoms in total. The van der Waals surface area contributed by atoms with E-state index in [0.29, 0.717) is 29.4 Å². The van der Waals surface area contributed by atoms with Crippen molar-refractivity contribution in [2.75, 3.05) is 5.32 Å². The first-order valence-corrected chi connectivity index (χ1v) is 7.12. The van der Waals surface area contributed by atoms with E-state index in [-0.39, 0.29) is 5.91 Å². The van der Waals surface area contributed by atoms with Crippen molar-refractivity contribution in [1.29, 1.82) is 0 Å². The van der Waals surface area contributed by atoms with E-state index in [0.717, 1.165) is 16.6 Å². The fourth-order valence-electron chi connectivity index (χ4n) is 2.09. The maximum absolute atomic E-state index is 12.0. The van der Waals surface area contributed by atoms with E-state index in [4.69, 9.17) is 16.1 Å². The van der Waals surface area contributed by atoms with E-state index in [1.54, 1.807) is 24.5 Å². The second-order valence-electron chi connectivity index (χ2n) is 4.85. The van der Waals surface area contributed by atoms with Crippen molar-refractivity contribution in [2.24, 2.45) is 0 Å². The number of carbonyl (C=O) groups is 1. The van der Waals surface area contributed by atoms with Crippen LogP contribution in [0.25, 0.3) is 11.1 Å². The van der Waals surface area contributed by atoms with Gasteiger partial charge in [0.25, 0.3) is 5.71 Å². The van der Waals surface area contributed by atoms with Crippen LogP contribution >= 0.6 is 11.6 Å². The van der Waals surface area contributed by atoms with E-state index >= 15 is 0 Å². The lowest BCUT2D eigenvalue weighted by Gasteiger charge is -2.05. The summed E-state index contributed by atoms with van der Waals surface area (Å²) in [5.74, 6) is -0.116. The Morgan fingerprint density at radius 1 is 1.41 bits per heavy atom. The Hall–Kier alpha value is -2.47. The van der Waals surface area contributed by atoms with Gasteiger partial charge in [0.1, 0.15) is 5.15 Å². The summed E-state index contributed by atoms with van der Waals surface area (Å²) in [7, 11) is 0. The number of hydrogen-bond donors (Lipinski definition) is 1. The van der Waals surface area contributed by atoms with Gasteiger partial charge in [0, 0.05) is 12.6 Å². The number of rotatable bonds is 4. The van der Waals surface area contributed by atoms with E-state index in [1.165, 1.54) is 0 Å². The van der Waals surface area contributed by atoms with Gasteiger partial charge in [0.15, 0.2) is 0 Å². The minimum atomic E-state index is -0.116.